The molecule has 0 unspecified atom stereocenters. The van der Waals surface area contributed by atoms with Gasteiger partial charge in [0.25, 0.3) is 11.8 Å². The first kappa shape index (κ1) is 44.6. The number of benzene rings is 3. The maximum absolute atomic E-state index is 13.3. The molecule has 3 amide bonds. The lowest BCUT2D eigenvalue weighted by molar-refractivity contribution is -0.127. The Labute approximate surface area is 359 Å². The smallest absolute Gasteiger partial charge is 0.256 e. The Morgan fingerprint density at radius 1 is 0.656 bits per heavy atom. The molecule has 0 radical (unpaired) electrons. The van der Waals surface area contributed by atoms with E-state index in [0.717, 1.165) is 63.5 Å². The Morgan fingerprint density at radius 2 is 1.25 bits per heavy atom. The molecule has 3 aromatic rings. The van der Waals surface area contributed by atoms with Crippen LogP contribution in [0.5, 0.6) is 40.2 Å². The third-order valence-corrected chi connectivity index (χ3v) is 11.4. The molecule has 0 spiro atoms. The van der Waals surface area contributed by atoms with Crippen LogP contribution in [0.15, 0.2) is 53.5 Å². The first-order valence-electron chi connectivity index (χ1n) is 21.4. The molecule has 61 heavy (non-hydrogen) atoms. The molecule has 3 heterocycles. The van der Waals surface area contributed by atoms with Crippen LogP contribution in [0.25, 0.3) is 6.08 Å². The van der Waals surface area contributed by atoms with E-state index in [4.69, 9.17) is 33.2 Å². The SMILES string of the molecule is COc1cc(C=CC(=O)N2CCN(C(=O)c3cc(OC)c(OC)c(OC)c3)CC2)ccc1OCCCCCCCCCCOc1cc2c(cc1OC)C(=O)N1CCC[C@H]1C=N2. The fourth-order valence-electron chi connectivity index (χ4n) is 7.95. The molecule has 6 rings (SSSR count). The lowest BCUT2D eigenvalue weighted by Gasteiger charge is -2.34. The largest absolute Gasteiger partial charge is 0.493 e. The Morgan fingerprint density at radius 3 is 1.87 bits per heavy atom. The van der Waals surface area contributed by atoms with Gasteiger partial charge in [-0.15, -0.1) is 0 Å². The summed E-state index contributed by atoms with van der Waals surface area (Å²) < 4.78 is 39.5. The van der Waals surface area contributed by atoms with Crippen LogP contribution in [-0.4, -0.2) is 126 Å². The Bertz CT molecular complexity index is 2020. The average Bonchev–Trinajstić information content (AvgIpc) is 3.73. The molecule has 2 fully saturated rings. The molecule has 0 N–H and O–H groups in total. The Kier molecular flexibility index (Phi) is 16.2. The van der Waals surface area contributed by atoms with Crippen molar-refractivity contribution < 1.29 is 47.5 Å². The molecule has 0 bridgehead atoms. The summed E-state index contributed by atoms with van der Waals surface area (Å²) in [5.41, 5.74) is 2.46. The van der Waals surface area contributed by atoms with Crippen LogP contribution < -0.4 is 33.2 Å². The summed E-state index contributed by atoms with van der Waals surface area (Å²) in [5, 5.41) is 0. The minimum Gasteiger partial charge on any atom is -0.493 e. The van der Waals surface area contributed by atoms with E-state index in [1.54, 1.807) is 54.4 Å². The molecule has 0 aliphatic carbocycles. The third kappa shape index (κ3) is 11.3. The highest BCUT2D eigenvalue weighted by molar-refractivity contribution is 6.03. The second-order valence-corrected chi connectivity index (χ2v) is 15.3. The zero-order valence-corrected chi connectivity index (χ0v) is 36.2. The Balaban J connectivity index is 0.839. The highest BCUT2D eigenvalue weighted by atomic mass is 16.5. The number of hydrogen-bond acceptors (Lipinski definition) is 11. The predicted molar refractivity (Wildman–Crippen MR) is 234 cm³/mol. The van der Waals surface area contributed by atoms with Crippen LogP contribution in [0.2, 0.25) is 0 Å². The van der Waals surface area contributed by atoms with Gasteiger partial charge in [0.05, 0.1) is 66.1 Å². The van der Waals surface area contributed by atoms with E-state index >= 15 is 0 Å². The third-order valence-electron chi connectivity index (χ3n) is 11.4. The number of unbranched alkanes of at least 4 members (excludes halogenated alkanes) is 7. The second kappa shape index (κ2) is 22.1. The van der Waals surface area contributed by atoms with Crippen molar-refractivity contribution in [3.8, 4) is 40.2 Å². The number of methoxy groups -OCH3 is 5. The van der Waals surface area contributed by atoms with Crippen molar-refractivity contribution in [2.75, 3.05) is 81.5 Å². The molecule has 328 valence electrons. The maximum Gasteiger partial charge on any atom is 0.256 e. The van der Waals surface area contributed by atoms with Gasteiger partial charge in [-0.25, -0.2) is 0 Å². The zero-order valence-electron chi connectivity index (χ0n) is 36.2. The number of rotatable bonds is 21. The van der Waals surface area contributed by atoms with Crippen molar-refractivity contribution in [3.63, 3.8) is 0 Å². The molecule has 1 atom stereocenters. The van der Waals surface area contributed by atoms with Crippen LogP contribution in [0.4, 0.5) is 5.69 Å². The predicted octanol–water partition coefficient (Wildman–Crippen LogP) is 7.63. The van der Waals surface area contributed by atoms with Crippen molar-refractivity contribution in [1.29, 1.82) is 0 Å². The van der Waals surface area contributed by atoms with Crippen LogP contribution in [0, 0.1) is 0 Å². The lowest BCUT2D eigenvalue weighted by atomic mass is 10.1. The normalized spacial score (nSPS) is 15.9. The molecule has 0 aromatic heterocycles. The van der Waals surface area contributed by atoms with Crippen molar-refractivity contribution in [1.82, 2.24) is 14.7 Å². The van der Waals surface area contributed by atoms with E-state index in [2.05, 4.69) is 4.99 Å². The van der Waals surface area contributed by atoms with Crippen molar-refractivity contribution in [2.45, 2.75) is 70.3 Å². The minimum absolute atomic E-state index is 0.00977. The molecule has 3 aliphatic heterocycles. The highest BCUT2D eigenvalue weighted by Gasteiger charge is 2.33. The van der Waals surface area contributed by atoms with Crippen LogP contribution in [-0.2, 0) is 4.79 Å². The monoisotopic (exact) mass is 840 g/mol. The van der Waals surface area contributed by atoms with Gasteiger partial charge in [-0.1, -0.05) is 44.6 Å². The van der Waals surface area contributed by atoms with Gasteiger partial charge in [0.15, 0.2) is 34.5 Å². The molecule has 3 aliphatic rings. The molecule has 0 saturated carbocycles. The van der Waals surface area contributed by atoms with Crippen LogP contribution in [0.1, 0.15) is 90.5 Å². The summed E-state index contributed by atoms with van der Waals surface area (Å²) in [6.07, 6.45) is 15.9. The summed E-state index contributed by atoms with van der Waals surface area (Å²) in [6, 6.07) is 12.6. The van der Waals surface area contributed by atoms with Crippen molar-refractivity contribution in [2.24, 2.45) is 4.99 Å². The van der Waals surface area contributed by atoms with E-state index in [0.29, 0.717) is 96.5 Å². The van der Waals surface area contributed by atoms with Crippen molar-refractivity contribution in [3.05, 3.63) is 65.2 Å². The van der Waals surface area contributed by atoms with Gasteiger partial charge in [-0.2, -0.15) is 0 Å². The van der Waals surface area contributed by atoms with Crippen molar-refractivity contribution >= 4 is 35.7 Å². The molecular formula is C47H60N4O10. The number of carbonyl (C=O) groups excluding carboxylic acids is 3. The standard InChI is InChI=1S/C47H60N4O10/c1-55-39-27-33(17-19-44(52)49-21-23-50(24-22-49)46(53)34-28-42(57-3)45(59-5)43(29-34)58-4)16-18-38(39)60-25-12-10-8-6-7-9-11-13-26-61-41-31-37-36(30-40(41)56-2)47(54)51-20-14-15-35(51)32-48-37/h16-19,27-32,35H,6-15,20-26H2,1-5H3/t35-/m0/s1. The van der Waals surface area contributed by atoms with Gasteiger partial charge in [0.1, 0.15) is 0 Å². The van der Waals surface area contributed by atoms with Gasteiger partial charge in [-0.3, -0.25) is 19.4 Å². The van der Waals surface area contributed by atoms with Gasteiger partial charge < -0.3 is 47.9 Å². The lowest BCUT2D eigenvalue weighted by Crippen LogP contribution is -2.50. The van der Waals surface area contributed by atoms with E-state index in [9.17, 15) is 14.4 Å². The summed E-state index contributed by atoms with van der Waals surface area (Å²) >= 11 is 0. The summed E-state index contributed by atoms with van der Waals surface area (Å²) in [6.45, 7) is 3.59. The minimum atomic E-state index is -0.168. The van der Waals surface area contributed by atoms with Gasteiger partial charge in [0.2, 0.25) is 11.7 Å². The number of piperazine rings is 1. The number of ether oxygens (including phenoxy) is 7. The zero-order chi connectivity index (χ0) is 43.1. The van der Waals surface area contributed by atoms with E-state index in [1.807, 2.05) is 35.4 Å². The van der Waals surface area contributed by atoms with Gasteiger partial charge in [-0.05, 0) is 67.7 Å². The summed E-state index contributed by atoms with van der Waals surface area (Å²) in [5.74, 6) is 3.44. The number of aliphatic imine (C=N–C) groups is 1. The number of fused-ring (bicyclic) bond motifs is 2. The fraction of sp³-hybridized carbons (Fsp3) is 0.489. The quantitative estimate of drug-likeness (QED) is 0.0778. The number of hydrogen-bond donors (Lipinski definition) is 0. The van der Waals surface area contributed by atoms with Gasteiger partial charge >= 0.3 is 0 Å². The Hall–Kier alpha value is -5.92. The second-order valence-electron chi connectivity index (χ2n) is 15.3. The van der Waals surface area contributed by atoms with Crippen LogP contribution >= 0.6 is 0 Å². The van der Waals surface area contributed by atoms with Gasteiger partial charge in [0, 0.05) is 56.6 Å². The number of amides is 3. The summed E-state index contributed by atoms with van der Waals surface area (Å²) in [7, 11) is 7.75. The molecule has 14 heteroatoms. The average molecular weight is 841 g/mol. The molecule has 2 saturated heterocycles. The fourth-order valence-corrected chi connectivity index (χ4v) is 7.95. The first-order chi connectivity index (χ1) is 29.8. The molecule has 3 aromatic carbocycles. The highest BCUT2D eigenvalue weighted by Crippen LogP contribution is 2.40. The first-order valence-corrected chi connectivity index (χ1v) is 21.4. The number of nitrogens with zero attached hydrogens (tertiary/aromatic N) is 4. The maximum atomic E-state index is 13.3. The van der Waals surface area contributed by atoms with E-state index < -0.39 is 0 Å². The van der Waals surface area contributed by atoms with E-state index in [-0.39, 0.29) is 23.8 Å². The molecule has 14 nitrogen and oxygen atoms in total. The topological polar surface area (TPSA) is 138 Å². The van der Waals surface area contributed by atoms with E-state index in [1.165, 1.54) is 34.2 Å². The summed E-state index contributed by atoms with van der Waals surface area (Å²) in [4.78, 5) is 49.4. The molecular weight excluding hydrogens is 781 g/mol. The number of carbonyl (C=O) groups is 3. The van der Waals surface area contributed by atoms with Crippen LogP contribution in [0.3, 0.4) is 0 Å².